The van der Waals surface area contributed by atoms with Crippen molar-refractivity contribution < 1.29 is 9.18 Å². The van der Waals surface area contributed by atoms with E-state index in [1.807, 2.05) is 4.90 Å². The molecule has 1 aromatic carbocycles. The molecule has 1 aromatic rings. The van der Waals surface area contributed by atoms with Crippen LogP contribution >= 0.6 is 0 Å². The molecular weight excluding hydrogens is 231 g/mol. The van der Waals surface area contributed by atoms with Gasteiger partial charge in [-0.1, -0.05) is 6.07 Å². The van der Waals surface area contributed by atoms with Crippen molar-refractivity contribution in [2.45, 2.75) is 25.3 Å². The Morgan fingerprint density at radius 2 is 2.06 bits per heavy atom. The summed E-state index contributed by atoms with van der Waals surface area (Å²) in [6.07, 6.45) is 2.63. The predicted molar refractivity (Wildman–Crippen MR) is 67.0 cm³/mol. The van der Waals surface area contributed by atoms with Gasteiger partial charge in [0.2, 0.25) is 0 Å². The Balaban J connectivity index is 1.87. The highest BCUT2D eigenvalue weighted by Crippen LogP contribution is 2.25. The Morgan fingerprint density at radius 3 is 2.83 bits per heavy atom. The molecule has 0 aromatic heterocycles. The van der Waals surface area contributed by atoms with Crippen molar-refractivity contribution in [3.05, 3.63) is 35.1 Å². The van der Waals surface area contributed by atoms with E-state index in [9.17, 15) is 9.18 Å². The molecule has 18 heavy (non-hydrogen) atoms. The molecule has 1 amide bonds. The third-order valence-corrected chi connectivity index (χ3v) is 3.96. The van der Waals surface area contributed by atoms with Crippen LogP contribution in [0.3, 0.4) is 0 Å². The number of halogens is 1. The highest BCUT2D eigenvalue weighted by atomic mass is 19.1. The van der Waals surface area contributed by atoms with Crippen molar-refractivity contribution in [3.63, 3.8) is 0 Å². The Kier molecular flexibility index (Phi) is 3.04. The number of carbonyl (C=O) groups is 1. The minimum Gasteiger partial charge on any atom is -0.335 e. The van der Waals surface area contributed by atoms with Crippen molar-refractivity contribution >= 4 is 5.91 Å². The number of hydrogen-bond donors (Lipinski definition) is 1. The lowest BCUT2D eigenvalue weighted by Crippen LogP contribution is -2.49. The first-order chi connectivity index (χ1) is 8.77. The van der Waals surface area contributed by atoms with Gasteiger partial charge in [-0.2, -0.15) is 0 Å². The van der Waals surface area contributed by atoms with Crippen LogP contribution in [0.1, 0.15) is 28.8 Å². The number of nitrogens with zero attached hydrogens (tertiary/aromatic N) is 1. The van der Waals surface area contributed by atoms with Crippen molar-refractivity contribution in [3.8, 4) is 0 Å². The van der Waals surface area contributed by atoms with Gasteiger partial charge in [-0.15, -0.1) is 0 Å². The Morgan fingerprint density at radius 1 is 1.28 bits per heavy atom. The zero-order valence-electron chi connectivity index (χ0n) is 10.3. The van der Waals surface area contributed by atoms with Crippen molar-refractivity contribution in [2.24, 2.45) is 0 Å². The standard InChI is InChI=1S/C14H17FN2O/c15-13-3-1-2-12-11(13)6-9-17(14(12)18)10-4-7-16-8-5-10/h1-3,10,16H,4-9H2. The smallest absolute Gasteiger partial charge is 0.254 e. The summed E-state index contributed by atoms with van der Waals surface area (Å²) in [4.78, 5) is 14.3. The SMILES string of the molecule is O=C1c2cccc(F)c2CCN1C1CCNCC1. The first-order valence-electron chi connectivity index (χ1n) is 6.56. The molecule has 4 heteroatoms. The van der Waals surface area contributed by atoms with Gasteiger partial charge in [-0.05, 0) is 44.5 Å². The molecule has 2 aliphatic rings. The minimum atomic E-state index is -0.245. The molecule has 96 valence electrons. The van der Waals surface area contributed by atoms with E-state index in [2.05, 4.69) is 5.32 Å². The number of amides is 1. The fraction of sp³-hybridized carbons (Fsp3) is 0.500. The number of nitrogens with one attached hydrogen (secondary N) is 1. The second-order valence-electron chi connectivity index (χ2n) is 5.00. The molecule has 0 spiro atoms. The molecule has 3 rings (SSSR count). The Hall–Kier alpha value is -1.42. The van der Waals surface area contributed by atoms with Gasteiger partial charge in [0.1, 0.15) is 5.82 Å². The van der Waals surface area contributed by atoms with Crippen molar-refractivity contribution in [1.82, 2.24) is 10.2 Å². The van der Waals surface area contributed by atoms with Gasteiger partial charge < -0.3 is 10.2 Å². The van der Waals surface area contributed by atoms with Crippen LogP contribution in [0.2, 0.25) is 0 Å². The average molecular weight is 248 g/mol. The lowest BCUT2D eigenvalue weighted by molar-refractivity contribution is 0.0621. The third-order valence-electron chi connectivity index (χ3n) is 3.96. The summed E-state index contributed by atoms with van der Waals surface area (Å²) >= 11 is 0. The van der Waals surface area contributed by atoms with Gasteiger partial charge in [-0.3, -0.25) is 4.79 Å². The van der Waals surface area contributed by atoms with E-state index < -0.39 is 0 Å². The number of carbonyl (C=O) groups excluding carboxylic acids is 1. The predicted octanol–water partition coefficient (Wildman–Crippen LogP) is 1.58. The maximum Gasteiger partial charge on any atom is 0.254 e. The Labute approximate surface area is 106 Å². The molecule has 2 heterocycles. The Bertz CT molecular complexity index is 469. The van der Waals surface area contributed by atoms with Gasteiger partial charge in [0.05, 0.1) is 0 Å². The number of rotatable bonds is 1. The normalized spacial score (nSPS) is 20.9. The molecule has 0 atom stereocenters. The average Bonchev–Trinajstić information content (AvgIpc) is 2.41. The van der Waals surface area contributed by atoms with Gasteiger partial charge in [-0.25, -0.2) is 4.39 Å². The van der Waals surface area contributed by atoms with Crippen molar-refractivity contribution in [2.75, 3.05) is 19.6 Å². The quantitative estimate of drug-likeness (QED) is 0.818. The maximum atomic E-state index is 13.6. The number of fused-ring (bicyclic) bond motifs is 1. The molecule has 1 fully saturated rings. The van der Waals surface area contributed by atoms with Crippen LogP contribution in [0.25, 0.3) is 0 Å². The van der Waals surface area contributed by atoms with E-state index in [0.29, 0.717) is 30.1 Å². The van der Waals surface area contributed by atoms with Crippen LogP contribution in [-0.4, -0.2) is 36.5 Å². The molecule has 0 unspecified atom stereocenters. The molecule has 1 saturated heterocycles. The third kappa shape index (κ3) is 1.90. The summed E-state index contributed by atoms with van der Waals surface area (Å²) in [6.45, 7) is 2.58. The monoisotopic (exact) mass is 248 g/mol. The van der Waals surface area contributed by atoms with Crippen LogP contribution in [0, 0.1) is 5.82 Å². The highest BCUT2D eigenvalue weighted by molar-refractivity contribution is 5.97. The lowest BCUT2D eigenvalue weighted by Gasteiger charge is -2.37. The summed E-state index contributed by atoms with van der Waals surface area (Å²) in [5.74, 6) is -0.242. The van der Waals surface area contributed by atoms with E-state index in [4.69, 9.17) is 0 Å². The fourth-order valence-electron chi connectivity index (χ4n) is 2.97. The molecule has 3 nitrogen and oxygen atoms in total. The highest BCUT2D eigenvalue weighted by Gasteiger charge is 2.31. The first kappa shape index (κ1) is 11.7. The number of hydrogen-bond acceptors (Lipinski definition) is 2. The number of benzene rings is 1. The van der Waals surface area contributed by atoms with Gasteiger partial charge >= 0.3 is 0 Å². The fourth-order valence-corrected chi connectivity index (χ4v) is 2.97. The van der Waals surface area contributed by atoms with E-state index in [1.165, 1.54) is 6.07 Å². The van der Waals surface area contributed by atoms with E-state index in [0.717, 1.165) is 25.9 Å². The molecule has 0 saturated carbocycles. The summed E-state index contributed by atoms with van der Waals surface area (Å²) in [5, 5.41) is 3.30. The largest absolute Gasteiger partial charge is 0.335 e. The number of piperidine rings is 1. The van der Waals surface area contributed by atoms with Crippen molar-refractivity contribution in [1.29, 1.82) is 0 Å². The molecule has 2 aliphatic heterocycles. The lowest BCUT2D eigenvalue weighted by atomic mass is 9.95. The zero-order valence-corrected chi connectivity index (χ0v) is 10.3. The molecule has 1 N–H and O–H groups in total. The van der Waals surface area contributed by atoms with Crippen LogP contribution in [-0.2, 0) is 6.42 Å². The first-order valence-corrected chi connectivity index (χ1v) is 6.56. The molecule has 0 bridgehead atoms. The van der Waals surface area contributed by atoms with E-state index in [-0.39, 0.29) is 11.7 Å². The van der Waals surface area contributed by atoms with E-state index >= 15 is 0 Å². The molecule has 0 radical (unpaired) electrons. The van der Waals surface area contributed by atoms with Crippen LogP contribution < -0.4 is 5.32 Å². The van der Waals surface area contributed by atoms with Gasteiger partial charge in [0, 0.05) is 23.7 Å². The summed E-state index contributed by atoms with van der Waals surface area (Å²) in [6, 6.07) is 5.12. The van der Waals surface area contributed by atoms with Crippen LogP contribution in [0.5, 0.6) is 0 Å². The van der Waals surface area contributed by atoms with Gasteiger partial charge in [0.15, 0.2) is 0 Å². The van der Waals surface area contributed by atoms with E-state index in [1.54, 1.807) is 12.1 Å². The zero-order chi connectivity index (χ0) is 12.5. The topological polar surface area (TPSA) is 32.3 Å². The second kappa shape index (κ2) is 4.69. The summed E-state index contributed by atoms with van der Waals surface area (Å²) < 4.78 is 13.6. The summed E-state index contributed by atoms with van der Waals surface area (Å²) in [5.41, 5.74) is 1.15. The maximum absolute atomic E-state index is 13.6. The van der Waals surface area contributed by atoms with Crippen LogP contribution in [0.4, 0.5) is 4.39 Å². The molecular formula is C14H17FN2O. The molecule has 0 aliphatic carbocycles. The summed E-state index contributed by atoms with van der Waals surface area (Å²) in [7, 11) is 0. The van der Waals surface area contributed by atoms with Crippen LogP contribution in [0.15, 0.2) is 18.2 Å². The van der Waals surface area contributed by atoms with Gasteiger partial charge in [0.25, 0.3) is 5.91 Å². The minimum absolute atomic E-state index is 0.00245. The second-order valence-corrected chi connectivity index (χ2v) is 5.00.